The van der Waals surface area contributed by atoms with E-state index in [2.05, 4.69) is 37.5 Å². The number of anilines is 2. The first-order valence-electron chi connectivity index (χ1n) is 10.2. The van der Waals surface area contributed by atoms with Gasteiger partial charge in [-0.15, -0.1) is 0 Å². The molecule has 0 bridgehead atoms. The number of aromatic nitrogens is 3. The lowest BCUT2D eigenvalue weighted by molar-refractivity contribution is -0.137. The predicted octanol–water partition coefficient (Wildman–Crippen LogP) is 4.33. The number of halogens is 6. The van der Waals surface area contributed by atoms with Gasteiger partial charge in [0.25, 0.3) is 0 Å². The number of hydrogen-bond donors (Lipinski definition) is 2. The van der Waals surface area contributed by atoms with Crippen LogP contribution in [0.1, 0.15) is 11.1 Å². The zero-order chi connectivity index (χ0) is 24.5. The second-order valence-corrected chi connectivity index (χ2v) is 10.1. The van der Waals surface area contributed by atoms with Crippen LogP contribution in [0.5, 0.6) is 0 Å². The fourth-order valence-electron chi connectivity index (χ4n) is 4.57. The molecule has 3 aromatic rings. The van der Waals surface area contributed by atoms with Crippen LogP contribution in [0.15, 0.2) is 16.9 Å². The first kappa shape index (κ1) is 23.5. The van der Waals surface area contributed by atoms with E-state index in [0.29, 0.717) is 19.8 Å². The Morgan fingerprint density at radius 2 is 2.06 bits per heavy atom. The van der Waals surface area contributed by atoms with Crippen LogP contribution in [-0.4, -0.2) is 44.7 Å². The molecule has 5 rings (SSSR count). The Balaban J connectivity index is 1.77. The standard InChI is InChI=1S/C21H17ClF4IN5O2/c1-7-4-11(28)29-17(13(7)21(24,25)26)12-10(22)5-8-16(14(12)23)30-20(33)31-19(8)32-2-3-34-6-9-15(27)18(9)32/h4-5,9,15,18H,2-3,6H2,1H3,(H2,28,29)(H,30,31,33)/t9-,15-,18-/m0/s1. The monoisotopic (exact) mass is 609 g/mol. The molecule has 34 heavy (non-hydrogen) atoms. The number of benzene rings is 1. The molecule has 13 heteroatoms. The van der Waals surface area contributed by atoms with Gasteiger partial charge in [-0.25, -0.2) is 14.2 Å². The molecule has 0 unspecified atom stereocenters. The average Bonchev–Trinajstić information content (AvgIpc) is 3.41. The Labute approximate surface area is 208 Å². The quantitative estimate of drug-likeness (QED) is 0.255. The predicted molar refractivity (Wildman–Crippen MR) is 128 cm³/mol. The summed E-state index contributed by atoms with van der Waals surface area (Å²) in [6.45, 7) is 2.58. The van der Waals surface area contributed by atoms with Crippen molar-refractivity contribution < 1.29 is 22.3 Å². The second kappa shape index (κ2) is 8.19. The van der Waals surface area contributed by atoms with E-state index in [9.17, 15) is 18.0 Å². The van der Waals surface area contributed by atoms with Crippen LogP contribution >= 0.6 is 34.2 Å². The summed E-state index contributed by atoms with van der Waals surface area (Å²) < 4.78 is 63.3. The number of alkyl halides is 4. The van der Waals surface area contributed by atoms with Gasteiger partial charge in [-0.05, 0) is 24.6 Å². The van der Waals surface area contributed by atoms with Gasteiger partial charge in [0, 0.05) is 27.8 Å². The number of pyridine rings is 1. The van der Waals surface area contributed by atoms with Crippen LogP contribution in [-0.2, 0) is 10.9 Å². The van der Waals surface area contributed by atoms with Crippen molar-refractivity contribution in [1.82, 2.24) is 15.0 Å². The van der Waals surface area contributed by atoms with Crippen LogP contribution in [0.3, 0.4) is 0 Å². The minimum absolute atomic E-state index is 0.0391. The molecule has 0 spiro atoms. The Bertz CT molecular complexity index is 1380. The number of nitrogen functional groups attached to an aromatic ring is 1. The van der Waals surface area contributed by atoms with Crippen molar-refractivity contribution in [3.05, 3.63) is 44.6 Å². The second-order valence-electron chi connectivity index (χ2n) is 8.29. The molecular formula is C21H17ClF4IN5O2. The van der Waals surface area contributed by atoms with E-state index in [1.165, 1.54) is 13.0 Å². The van der Waals surface area contributed by atoms with E-state index in [0.717, 1.165) is 6.07 Å². The average molecular weight is 610 g/mol. The van der Waals surface area contributed by atoms with Crippen molar-refractivity contribution in [3.8, 4) is 11.3 Å². The number of rotatable bonds is 2. The van der Waals surface area contributed by atoms with Crippen molar-refractivity contribution in [2.24, 2.45) is 5.92 Å². The van der Waals surface area contributed by atoms with Gasteiger partial charge >= 0.3 is 11.9 Å². The normalized spacial score (nSPS) is 22.6. The molecule has 0 radical (unpaired) electrons. The third kappa shape index (κ3) is 3.79. The smallest absolute Gasteiger partial charge is 0.384 e. The number of fused-ring (bicyclic) bond motifs is 2. The lowest BCUT2D eigenvalue weighted by Gasteiger charge is -2.24. The van der Waals surface area contributed by atoms with E-state index in [1.807, 2.05) is 4.90 Å². The molecule has 2 aliphatic rings. The van der Waals surface area contributed by atoms with Crippen molar-refractivity contribution in [2.45, 2.75) is 23.1 Å². The maximum atomic E-state index is 15.9. The number of nitrogens with zero attached hydrogens (tertiary/aromatic N) is 3. The Hall–Kier alpha value is -2.19. The van der Waals surface area contributed by atoms with Gasteiger partial charge in [0.05, 0.1) is 40.6 Å². The summed E-state index contributed by atoms with van der Waals surface area (Å²) in [4.78, 5) is 24.4. The molecule has 1 aromatic carbocycles. The van der Waals surface area contributed by atoms with E-state index >= 15 is 4.39 Å². The minimum atomic E-state index is -4.84. The molecule has 0 amide bonds. The molecular weight excluding hydrogens is 593 g/mol. The molecule has 2 aromatic heterocycles. The summed E-state index contributed by atoms with van der Waals surface area (Å²) in [5.74, 6) is -0.931. The number of aromatic amines is 1. The highest BCUT2D eigenvalue weighted by molar-refractivity contribution is 14.1. The van der Waals surface area contributed by atoms with E-state index in [1.54, 1.807) is 0 Å². The van der Waals surface area contributed by atoms with E-state index in [-0.39, 0.29) is 49.0 Å². The Kier molecular flexibility index (Phi) is 5.67. The van der Waals surface area contributed by atoms with Crippen molar-refractivity contribution in [1.29, 1.82) is 0 Å². The van der Waals surface area contributed by atoms with Crippen molar-refractivity contribution in [3.63, 3.8) is 0 Å². The molecule has 180 valence electrons. The van der Waals surface area contributed by atoms with Gasteiger partial charge in [0.2, 0.25) is 0 Å². The molecule has 3 atom stereocenters. The highest BCUT2D eigenvalue weighted by Gasteiger charge is 2.54. The molecule has 3 heterocycles. The lowest BCUT2D eigenvalue weighted by atomic mass is 9.99. The van der Waals surface area contributed by atoms with Gasteiger partial charge in [0.1, 0.15) is 11.6 Å². The third-order valence-electron chi connectivity index (χ3n) is 6.11. The first-order valence-corrected chi connectivity index (χ1v) is 11.9. The highest BCUT2D eigenvalue weighted by atomic mass is 127. The van der Waals surface area contributed by atoms with E-state index < -0.39 is 34.5 Å². The fourth-order valence-corrected chi connectivity index (χ4v) is 6.17. The molecule has 1 aliphatic heterocycles. The SMILES string of the molecule is Cc1cc(N)nc(-c2c(Cl)cc3c(N4CCOC[C@H]5[C@H](I)[C@H]54)nc(=O)[nH]c3c2F)c1C(F)(F)F. The number of nitrogens with one attached hydrogen (secondary N) is 1. The zero-order valence-corrected chi connectivity index (χ0v) is 20.4. The van der Waals surface area contributed by atoms with Gasteiger partial charge in [-0.2, -0.15) is 18.2 Å². The summed E-state index contributed by atoms with van der Waals surface area (Å²) in [7, 11) is 0. The summed E-state index contributed by atoms with van der Waals surface area (Å²) in [6, 6.07) is 2.40. The van der Waals surface area contributed by atoms with Gasteiger partial charge in [-0.1, -0.05) is 34.2 Å². The summed E-state index contributed by atoms with van der Waals surface area (Å²) in [5, 5.41) is -0.135. The molecule has 7 nitrogen and oxygen atoms in total. The van der Waals surface area contributed by atoms with Crippen molar-refractivity contribution >= 4 is 56.7 Å². The molecule has 1 saturated heterocycles. The van der Waals surface area contributed by atoms with E-state index in [4.69, 9.17) is 22.1 Å². The van der Waals surface area contributed by atoms with Crippen LogP contribution in [0.2, 0.25) is 5.02 Å². The molecule has 1 aliphatic carbocycles. The third-order valence-corrected chi connectivity index (χ3v) is 8.07. The number of aryl methyl sites for hydroxylation is 1. The van der Waals surface area contributed by atoms with Gasteiger partial charge < -0.3 is 20.4 Å². The number of nitrogens with two attached hydrogens (primary N) is 1. The summed E-state index contributed by atoms with van der Waals surface area (Å²) in [5.41, 5.74) is 1.81. The van der Waals surface area contributed by atoms with Gasteiger partial charge in [-0.3, -0.25) is 0 Å². The topological polar surface area (TPSA) is 97.1 Å². The molecule has 1 saturated carbocycles. The number of ether oxygens (including phenoxy) is 1. The van der Waals surface area contributed by atoms with Crippen LogP contribution in [0.4, 0.5) is 29.2 Å². The van der Waals surface area contributed by atoms with Crippen LogP contribution in [0.25, 0.3) is 22.2 Å². The lowest BCUT2D eigenvalue weighted by Crippen LogP contribution is -2.33. The largest absolute Gasteiger partial charge is 0.418 e. The van der Waals surface area contributed by atoms with Crippen LogP contribution < -0.4 is 16.3 Å². The maximum Gasteiger partial charge on any atom is 0.418 e. The summed E-state index contributed by atoms with van der Waals surface area (Å²) in [6.07, 6.45) is -4.84. The van der Waals surface area contributed by atoms with Gasteiger partial charge in [0.15, 0.2) is 5.82 Å². The van der Waals surface area contributed by atoms with Crippen molar-refractivity contribution in [2.75, 3.05) is 30.4 Å². The minimum Gasteiger partial charge on any atom is -0.384 e. The molecule has 3 N–H and O–H groups in total. The molecule has 2 fully saturated rings. The first-order chi connectivity index (χ1) is 16.0. The summed E-state index contributed by atoms with van der Waals surface area (Å²) >= 11 is 8.67. The Morgan fingerprint density at radius 3 is 2.76 bits per heavy atom. The highest BCUT2D eigenvalue weighted by Crippen LogP contribution is 2.48. The zero-order valence-electron chi connectivity index (χ0n) is 17.5. The Morgan fingerprint density at radius 1 is 1.32 bits per heavy atom. The maximum absolute atomic E-state index is 15.9. The number of H-pyrrole nitrogens is 1. The number of hydrogen-bond acceptors (Lipinski definition) is 6. The fraction of sp³-hybridized carbons (Fsp3) is 0.381. The van der Waals surface area contributed by atoms with Crippen LogP contribution in [0, 0.1) is 18.7 Å².